The van der Waals surface area contributed by atoms with Crippen molar-refractivity contribution in [2.45, 2.75) is 97.0 Å². The van der Waals surface area contributed by atoms with Gasteiger partial charge in [0.2, 0.25) is 0 Å². The molecule has 212 valence electrons. The number of ketones is 1. The van der Waals surface area contributed by atoms with Crippen LogP contribution in [-0.2, 0) is 9.53 Å². The van der Waals surface area contributed by atoms with Gasteiger partial charge in [0.05, 0.1) is 6.61 Å². The lowest BCUT2D eigenvalue weighted by Crippen LogP contribution is -2.43. The number of aryl methyl sites for hydroxylation is 2. The summed E-state index contributed by atoms with van der Waals surface area (Å²) in [6.45, 7) is 13.5. The monoisotopic (exact) mass is 552 g/mol. The zero-order valence-corrected chi connectivity index (χ0v) is 25.4. The Balaban J connectivity index is 1.55. The fraction of sp³-hybridized carbons (Fsp3) is 0.515. The van der Waals surface area contributed by atoms with Gasteiger partial charge in [-0.1, -0.05) is 25.3 Å². The number of ether oxygens (including phenoxy) is 3. The number of hydrogen-bond acceptors (Lipinski definition) is 6. The number of carbonyl (C=O) groups is 2. The van der Waals surface area contributed by atoms with Crippen LogP contribution in [0.4, 0.5) is 0 Å². The number of allylic oxidation sites excluding steroid dienone is 1. The first-order valence-electron chi connectivity index (χ1n) is 13.9. The summed E-state index contributed by atoms with van der Waals surface area (Å²) in [5, 5.41) is 0.787. The average molecular weight is 553 g/mol. The van der Waals surface area contributed by atoms with Crippen molar-refractivity contribution >= 4 is 29.6 Å². The molecule has 1 aliphatic rings. The van der Waals surface area contributed by atoms with Gasteiger partial charge in [-0.3, -0.25) is 4.79 Å². The summed E-state index contributed by atoms with van der Waals surface area (Å²) in [6.07, 6.45) is 10.1. The van der Waals surface area contributed by atoms with Gasteiger partial charge in [0.1, 0.15) is 17.1 Å². The van der Waals surface area contributed by atoms with Gasteiger partial charge in [-0.05, 0) is 120 Å². The maximum Gasteiger partial charge on any atom is 0.350 e. The highest BCUT2D eigenvalue weighted by molar-refractivity contribution is 7.99. The van der Waals surface area contributed by atoms with Crippen LogP contribution in [0.1, 0.15) is 93.8 Å². The molecule has 3 rings (SSSR count). The zero-order chi connectivity index (χ0) is 28.6. The van der Waals surface area contributed by atoms with Crippen molar-refractivity contribution in [3.05, 3.63) is 64.7 Å². The molecule has 1 fully saturated rings. The number of thioether (sulfide) groups is 1. The minimum atomic E-state index is -1.14. The molecule has 0 amide bonds. The molecule has 6 heteroatoms. The highest BCUT2D eigenvalue weighted by Crippen LogP contribution is 2.31. The molecule has 0 spiro atoms. The molecule has 0 saturated heterocycles. The van der Waals surface area contributed by atoms with E-state index in [9.17, 15) is 9.59 Å². The van der Waals surface area contributed by atoms with Crippen molar-refractivity contribution in [1.82, 2.24) is 0 Å². The second-order valence-electron chi connectivity index (χ2n) is 11.8. The van der Waals surface area contributed by atoms with Crippen molar-refractivity contribution in [2.75, 3.05) is 12.4 Å². The second kappa shape index (κ2) is 13.6. The molecule has 0 aromatic heterocycles. The maximum absolute atomic E-state index is 12.8. The Hall–Kier alpha value is -2.73. The largest absolute Gasteiger partial charge is 0.493 e. The molecular formula is C33H44O5S. The SMILES string of the molecule is Cc1cc(C=CC(=O)c2ccc(OCCSC3CCCCC3)cc2)cc(C)c1OC(C)(C)C(=O)OC(C)(C)C. The predicted molar refractivity (Wildman–Crippen MR) is 161 cm³/mol. The van der Waals surface area contributed by atoms with Crippen LogP contribution in [0, 0.1) is 13.8 Å². The van der Waals surface area contributed by atoms with Crippen molar-refractivity contribution < 1.29 is 23.8 Å². The third-order valence-electron chi connectivity index (χ3n) is 6.55. The van der Waals surface area contributed by atoms with Crippen LogP contribution in [0.25, 0.3) is 6.08 Å². The van der Waals surface area contributed by atoms with Crippen LogP contribution >= 0.6 is 11.8 Å². The van der Waals surface area contributed by atoms with E-state index < -0.39 is 17.2 Å². The van der Waals surface area contributed by atoms with E-state index in [2.05, 4.69) is 0 Å². The lowest BCUT2D eigenvalue weighted by Gasteiger charge is -2.30. The van der Waals surface area contributed by atoms with Crippen molar-refractivity contribution in [3.8, 4) is 11.5 Å². The van der Waals surface area contributed by atoms with E-state index >= 15 is 0 Å². The van der Waals surface area contributed by atoms with E-state index in [0.29, 0.717) is 17.9 Å². The molecule has 39 heavy (non-hydrogen) atoms. The number of carbonyl (C=O) groups excluding carboxylic acids is 2. The van der Waals surface area contributed by atoms with Gasteiger partial charge in [0.25, 0.3) is 0 Å². The highest BCUT2D eigenvalue weighted by Gasteiger charge is 2.35. The second-order valence-corrected chi connectivity index (χ2v) is 13.2. The third kappa shape index (κ3) is 9.75. The van der Waals surface area contributed by atoms with E-state index in [-0.39, 0.29) is 5.78 Å². The number of rotatable bonds is 11. The van der Waals surface area contributed by atoms with Crippen LogP contribution in [-0.4, -0.2) is 40.6 Å². The zero-order valence-electron chi connectivity index (χ0n) is 24.6. The van der Waals surface area contributed by atoms with E-state index in [4.69, 9.17) is 14.2 Å². The summed E-state index contributed by atoms with van der Waals surface area (Å²) in [4.78, 5) is 25.4. The van der Waals surface area contributed by atoms with E-state index in [1.807, 2.05) is 82.8 Å². The fourth-order valence-electron chi connectivity index (χ4n) is 4.53. The van der Waals surface area contributed by atoms with Gasteiger partial charge >= 0.3 is 5.97 Å². The summed E-state index contributed by atoms with van der Waals surface area (Å²) in [5.41, 5.74) is 1.52. The predicted octanol–water partition coefficient (Wildman–Crippen LogP) is 8.14. The molecule has 0 unspecified atom stereocenters. The van der Waals surface area contributed by atoms with Crippen LogP contribution in [0.2, 0.25) is 0 Å². The van der Waals surface area contributed by atoms with Crippen LogP contribution in [0.3, 0.4) is 0 Å². The molecule has 0 heterocycles. The Labute approximate surface area is 238 Å². The van der Waals surface area contributed by atoms with Gasteiger partial charge in [-0.25, -0.2) is 4.79 Å². The standard InChI is InChI=1S/C33H44O5S/c1-23-21-25(22-24(2)30(23)37-33(6,7)31(35)38-32(3,4)5)13-18-29(34)26-14-16-27(17-15-26)36-19-20-39-28-11-9-8-10-12-28/h13-18,21-22,28H,8-12,19-20H2,1-7H3. The summed E-state index contributed by atoms with van der Waals surface area (Å²) in [5.74, 6) is 1.93. The summed E-state index contributed by atoms with van der Waals surface area (Å²) in [7, 11) is 0. The number of hydrogen-bond donors (Lipinski definition) is 0. The third-order valence-corrected chi connectivity index (χ3v) is 7.90. The van der Waals surface area contributed by atoms with Gasteiger partial charge < -0.3 is 14.2 Å². The molecule has 0 N–H and O–H groups in total. The van der Waals surface area contributed by atoms with Gasteiger partial charge in [-0.2, -0.15) is 11.8 Å². The van der Waals surface area contributed by atoms with E-state index in [0.717, 1.165) is 33.4 Å². The minimum Gasteiger partial charge on any atom is -0.493 e. The normalized spacial score (nSPS) is 14.8. The first-order valence-corrected chi connectivity index (χ1v) is 15.0. The number of benzene rings is 2. The molecular weight excluding hydrogens is 508 g/mol. The molecule has 0 radical (unpaired) electrons. The molecule has 0 atom stereocenters. The van der Waals surface area contributed by atoms with Crippen LogP contribution in [0.5, 0.6) is 11.5 Å². The number of esters is 1. The van der Waals surface area contributed by atoms with E-state index in [1.54, 1.807) is 26.0 Å². The van der Waals surface area contributed by atoms with Crippen LogP contribution in [0.15, 0.2) is 42.5 Å². The van der Waals surface area contributed by atoms with E-state index in [1.165, 1.54) is 32.1 Å². The Morgan fingerprint density at radius 3 is 2.15 bits per heavy atom. The first-order chi connectivity index (χ1) is 18.3. The van der Waals surface area contributed by atoms with Crippen molar-refractivity contribution in [1.29, 1.82) is 0 Å². The Morgan fingerprint density at radius 1 is 0.949 bits per heavy atom. The lowest BCUT2D eigenvalue weighted by atomic mass is 10.0. The molecule has 2 aromatic rings. The molecule has 1 aliphatic carbocycles. The Morgan fingerprint density at radius 2 is 1.56 bits per heavy atom. The van der Waals surface area contributed by atoms with Gasteiger partial charge in [-0.15, -0.1) is 0 Å². The first kappa shape index (κ1) is 30.8. The van der Waals surface area contributed by atoms with Crippen LogP contribution < -0.4 is 9.47 Å². The summed E-state index contributed by atoms with van der Waals surface area (Å²) in [6, 6.07) is 11.2. The molecule has 0 aliphatic heterocycles. The quantitative estimate of drug-likeness (QED) is 0.121. The van der Waals surface area contributed by atoms with Crippen molar-refractivity contribution in [2.24, 2.45) is 0 Å². The molecule has 2 aromatic carbocycles. The highest BCUT2D eigenvalue weighted by atomic mass is 32.2. The smallest absolute Gasteiger partial charge is 0.350 e. The minimum absolute atomic E-state index is 0.0731. The van der Waals surface area contributed by atoms with Crippen molar-refractivity contribution in [3.63, 3.8) is 0 Å². The average Bonchev–Trinajstić information content (AvgIpc) is 2.87. The molecule has 1 saturated carbocycles. The Bertz CT molecular complexity index is 1130. The lowest BCUT2D eigenvalue weighted by molar-refractivity contribution is -0.171. The van der Waals surface area contributed by atoms with Gasteiger partial charge in [0, 0.05) is 16.6 Å². The molecule has 5 nitrogen and oxygen atoms in total. The topological polar surface area (TPSA) is 61.8 Å². The Kier molecular flexibility index (Phi) is 10.7. The maximum atomic E-state index is 12.8. The van der Waals surface area contributed by atoms with Gasteiger partial charge in [0.15, 0.2) is 11.4 Å². The summed E-state index contributed by atoms with van der Waals surface area (Å²) < 4.78 is 17.5. The fourth-order valence-corrected chi connectivity index (χ4v) is 5.71. The summed E-state index contributed by atoms with van der Waals surface area (Å²) >= 11 is 2.02. The molecule has 0 bridgehead atoms.